The Labute approximate surface area is 401 Å². The number of ether oxygens (including phenoxy) is 1. The van der Waals surface area contributed by atoms with Gasteiger partial charge in [0.05, 0.1) is 0 Å². The summed E-state index contributed by atoms with van der Waals surface area (Å²) in [6.07, 6.45) is 9.96. The molecule has 12 nitrogen and oxygen atoms in total. The highest BCUT2D eigenvalue weighted by Crippen LogP contribution is 2.38. The van der Waals surface area contributed by atoms with Gasteiger partial charge in [0.1, 0.15) is 0 Å². The summed E-state index contributed by atoms with van der Waals surface area (Å²) >= 11 is 1.96. The van der Waals surface area contributed by atoms with Crippen LogP contribution in [0.25, 0.3) is 85.5 Å². The first-order chi connectivity index (χ1) is 32.8. The molecule has 0 radical (unpaired) electrons. The number of alkyl halides is 1. The van der Waals surface area contributed by atoms with E-state index in [1.165, 1.54) is 88.6 Å². The van der Waals surface area contributed by atoms with Gasteiger partial charge in [0.2, 0.25) is 5.91 Å². The number of unbranched alkanes of at least 4 members (excludes halogenated alkanes) is 2. The molecule has 1 saturated heterocycles. The summed E-state index contributed by atoms with van der Waals surface area (Å²) in [5, 5.41) is 34.1. The molecule has 8 aromatic carbocycles. The molecule has 1 aliphatic rings. The average molecular weight is 1000 g/mol. The molecule has 0 atom stereocenters. The molecule has 0 unspecified atom stereocenters. The van der Waals surface area contributed by atoms with Crippen LogP contribution in [-0.4, -0.2) is 61.3 Å². The van der Waals surface area contributed by atoms with Crippen molar-refractivity contribution in [3.05, 3.63) is 141 Å². The number of nitrogens with zero attached hydrogens (tertiary/aromatic N) is 6. The van der Waals surface area contributed by atoms with Crippen molar-refractivity contribution in [2.45, 2.75) is 77.0 Å². The lowest BCUT2D eigenvalue weighted by Crippen LogP contribution is -2.24. The molecule has 9 rings (SSSR count). The van der Waals surface area contributed by atoms with Crippen LogP contribution in [0.15, 0.2) is 119 Å². The van der Waals surface area contributed by atoms with E-state index in [1.54, 1.807) is 0 Å². The summed E-state index contributed by atoms with van der Waals surface area (Å²) < 4.78 is 11.1. The van der Waals surface area contributed by atoms with Gasteiger partial charge in [-0.1, -0.05) is 142 Å². The van der Waals surface area contributed by atoms with E-state index in [0.29, 0.717) is 43.9 Å². The van der Waals surface area contributed by atoms with Crippen molar-refractivity contribution in [1.29, 1.82) is 0 Å². The van der Waals surface area contributed by atoms with E-state index in [-0.39, 0.29) is 12.3 Å². The first-order valence-electron chi connectivity index (χ1n) is 23.5. The number of aryl methyl sites for hydroxylation is 2. The lowest BCUT2D eigenvalue weighted by Gasteiger charge is -2.14. The number of aliphatic carboxylic acids is 1. The van der Waals surface area contributed by atoms with Crippen LogP contribution in [0.1, 0.15) is 76.7 Å². The number of hydrogen-bond donors (Lipinski definition) is 3. The van der Waals surface area contributed by atoms with Gasteiger partial charge in [-0.25, -0.2) is 0 Å². The third-order valence-electron chi connectivity index (χ3n) is 11.5. The average Bonchev–Trinajstić information content (AvgIpc) is 3.95. The molecule has 13 heteroatoms. The Kier molecular flexibility index (Phi) is 21.1. The largest absolute Gasteiger partial charge is 0.481 e. The SMILES string of the molecule is C1CCOC1.O=C(O)CCCc1cc2cccc3ccc4cccc1c4c32.[2H]CI.[N-]=[N+]=NCCCCN.[N-]=[N+]=NCCCCNC(=O)CCCc1cc2cccc3ccc4cccc1c4c32. The van der Waals surface area contributed by atoms with E-state index < -0.39 is 5.97 Å². The van der Waals surface area contributed by atoms with Crippen molar-refractivity contribution < 1.29 is 20.8 Å². The molecular weight excluding hydrogens is 940 g/mol. The van der Waals surface area contributed by atoms with Crippen LogP contribution in [0.2, 0.25) is 0 Å². The van der Waals surface area contributed by atoms with Gasteiger partial charge in [0, 0.05) is 56.9 Å². The monoisotopic (exact) mass is 1000 g/mol. The molecule has 0 spiro atoms. The highest BCUT2D eigenvalue weighted by atomic mass is 127. The molecule has 4 N–H and O–H groups in total. The molecule has 0 aliphatic carbocycles. The predicted molar refractivity (Wildman–Crippen MR) is 282 cm³/mol. The standard InChI is InChI=1S/C24H24N4O.C20H16O2.C4H10N4.C4H8O.CH3I/c25-28-27-15-2-1-14-26-22(29)11-5-8-19-16-20-9-3-6-17-12-13-18-7-4-10-21(19)24(18)23(17)20;21-18(22)9-3-6-15-12-16-7-1-4-13-10-11-14-5-2-8-17(15)20(14)19(13)16;5-3-1-2-4-7-8-6;1-2-4-5-3-1;1-2/h3-4,6-7,9-10,12-13,16H,1-2,5,8,11,14-15H2,(H,26,29);1-2,4-5,7-8,10-12H,3,6,9H2,(H,21,22);1-5H2;1-4H2;1H3/i;;;;1D. The summed E-state index contributed by atoms with van der Waals surface area (Å²) in [6.45, 7) is 4.38. The van der Waals surface area contributed by atoms with Gasteiger partial charge in [-0.2, -0.15) is 0 Å². The number of hydrogen-bond acceptors (Lipinski definition) is 6. The predicted octanol–water partition coefficient (Wildman–Crippen LogP) is 14.0. The number of carbonyl (C=O) groups excluding carboxylic acids is 1. The molecule has 1 aliphatic heterocycles. The molecule has 344 valence electrons. The van der Waals surface area contributed by atoms with Crippen molar-refractivity contribution in [2.24, 2.45) is 16.0 Å². The second-order valence-electron chi connectivity index (χ2n) is 16.1. The van der Waals surface area contributed by atoms with Crippen molar-refractivity contribution in [3.63, 3.8) is 0 Å². The minimum atomic E-state index is -0.725. The Morgan fingerprint density at radius 2 is 1.11 bits per heavy atom. The Morgan fingerprint density at radius 3 is 1.55 bits per heavy atom. The van der Waals surface area contributed by atoms with Gasteiger partial charge in [-0.3, -0.25) is 9.59 Å². The smallest absolute Gasteiger partial charge is 0.303 e. The molecule has 0 aromatic heterocycles. The summed E-state index contributed by atoms with van der Waals surface area (Å²) in [6, 6.07) is 39.0. The number of nitrogens with one attached hydrogen (secondary N) is 1. The molecule has 1 amide bonds. The highest BCUT2D eigenvalue weighted by molar-refractivity contribution is 14.1. The van der Waals surface area contributed by atoms with E-state index in [0.717, 1.165) is 58.2 Å². The lowest BCUT2D eigenvalue weighted by molar-refractivity contribution is -0.137. The van der Waals surface area contributed by atoms with Crippen LogP contribution in [0, 0.1) is 0 Å². The maximum absolute atomic E-state index is 12.1. The van der Waals surface area contributed by atoms with E-state index in [9.17, 15) is 9.59 Å². The minimum Gasteiger partial charge on any atom is -0.481 e. The van der Waals surface area contributed by atoms with Gasteiger partial charge in [-0.15, -0.1) is 0 Å². The summed E-state index contributed by atoms with van der Waals surface area (Å²) in [5.41, 5.74) is 23.8. The number of nitrogens with two attached hydrogens (primary N) is 1. The number of carbonyl (C=O) groups is 2. The Hall–Kier alpha value is -5.95. The molecule has 1 fully saturated rings. The number of halogens is 1. The fraction of sp³-hybridized carbons (Fsp3) is 0.358. The van der Waals surface area contributed by atoms with Crippen LogP contribution in [0.4, 0.5) is 0 Å². The van der Waals surface area contributed by atoms with Crippen LogP contribution >= 0.6 is 22.6 Å². The number of rotatable bonds is 17. The zero-order chi connectivity index (χ0) is 47.6. The fourth-order valence-electron chi connectivity index (χ4n) is 8.51. The second-order valence-corrected chi connectivity index (χ2v) is 16.1. The van der Waals surface area contributed by atoms with Gasteiger partial charge < -0.3 is 20.9 Å². The Morgan fingerprint density at radius 1 is 0.667 bits per heavy atom. The number of azide groups is 2. The van der Waals surface area contributed by atoms with Gasteiger partial charge >= 0.3 is 5.97 Å². The molecule has 1 heterocycles. The van der Waals surface area contributed by atoms with Crippen LogP contribution in [0.5, 0.6) is 0 Å². The Bertz CT molecular complexity index is 2870. The molecule has 66 heavy (non-hydrogen) atoms. The summed E-state index contributed by atoms with van der Waals surface area (Å²) in [7, 11) is 0. The number of carboxylic acids is 1. The van der Waals surface area contributed by atoms with Crippen LogP contribution < -0.4 is 11.1 Å². The van der Waals surface area contributed by atoms with Crippen molar-refractivity contribution in [2.75, 3.05) is 44.3 Å². The van der Waals surface area contributed by atoms with Gasteiger partial charge in [0.15, 0.2) is 0 Å². The van der Waals surface area contributed by atoms with E-state index in [1.807, 2.05) is 22.6 Å². The highest BCUT2D eigenvalue weighted by Gasteiger charge is 2.13. The maximum Gasteiger partial charge on any atom is 0.303 e. The van der Waals surface area contributed by atoms with E-state index in [2.05, 4.69) is 135 Å². The quantitative estimate of drug-likeness (QED) is 0.0155. The maximum atomic E-state index is 12.1. The van der Waals surface area contributed by atoms with Crippen molar-refractivity contribution in [1.82, 2.24) is 5.32 Å². The number of carboxylic acid groups (broad SMARTS) is 1. The molecular formula is C53H61IN8O4. The van der Waals surface area contributed by atoms with Crippen molar-refractivity contribution in [3.8, 4) is 0 Å². The zero-order valence-corrected chi connectivity index (χ0v) is 39.8. The summed E-state index contributed by atoms with van der Waals surface area (Å²) in [5.74, 6) is -0.636. The fourth-order valence-corrected chi connectivity index (χ4v) is 8.51. The topological polar surface area (TPSA) is 199 Å². The molecule has 0 saturated carbocycles. The molecule has 0 bridgehead atoms. The zero-order valence-electron chi connectivity index (χ0n) is 38.6. The van der Waals surface area contributed by atoms with Gasteiger partial charge in [0.25, 0.3) is 0 Å². The first-order valence-corrected chi connectivity index (χ1v) is 24.3. The lowest BCUT2D eigenvalue weighted by atomic mass is 9.90. The Balaban J connectivity index is 0.000000193. The second kappa shape index (κ2) is 28.2. The molecule has 8 aromatic rings. The summed E-state index contributed by atoms with van der Waals surface area (Å²) in [4.78, 5) is 28.7. The van der Waals surface area contributed by atoms with Crippen LogP contribution in [0.3, 0.4) is 0 Å². The first kappa shape index (κ1) is 49.5. The number of amides is 1. The van der Waals surface area contributed by atoms with E-state index >= 15 is 0 Å². The van der Waals surface area contributed by atoms with E-state index in [4.69, 9.17) is 28.0 Å². The normalized spacial score (nSPS) is 11.9. The van der Waals surface area contributed by atoms with Crippen molar-refractivity contribution >= 4 is 99.1 Å². The van der Waals surface area contributed by atoms with Gasteiger partial charge in [-0.05, 0) is 162 Å². The third kappa shape index (κ3) is 14.5. The number of benzene rings is 8. The third-order valence-corrected chi connectivity index (χ3v) is 11.5. The van der Waals surface area contributed by atoms with Crippen LogP contribution in [-0.2, 0) is 27.2 Å². The minimum absolute atomic E-state index is 0.0888.